The van der Waals surface area contributed by atoms with Crippen LogP contribution < -0.4 is 5.32 Å². The van der Waals surface area contributed by atoms with E-state index < -0.39 is 0 Å². The zero-order valence-corrected chi connectivity index (χ0v) is 14.2. The van der Waals surface area contributed by atoms with Gasteiger partial charge in [0.05, 0.1) is 22.8 Å². The van der Waals surface area contributed by atoms with E-state index >= 15 is 0 Å². The maximum Gasteiger partial charge on any atom is 0.322 e. The highest BCUT2D eigenvalue weighted by Crippen LogP contribution is 2.30. The molecule has 128 valence electrons. The molecule has 0 radical (unpaired) electrons. The number of anilines is 1. The Morgan fingerprint density at radius 2 is 2.20 bits per heavy atom. The average molecular weight is 335 g/mol. The predicted molar refractivity (Wildman–Crippen MR) is 97.4 cm³/mol. The number of piperidine rings is 1. The number of amides is 2. The van der Waals surface area contributed by atoms with Crippen LogP contribution in [0.25, 0.3) is 11.0 Å². The molecule has 1 aliphatic rings. The van der Waals surface area contributed by atoms with Gasteiger partial charge in [-0.2, -0.15) is 0 Å². The molecule has 0 bridgehead atoms. The van der Waals surface area contributed by atoms with E-state index in [1.807, 2.05) is 48.2 Å². The Morgan fingerprint density at radius 3 is 3.04 bits per heavy atom. The first-order valence-electron chi connectivity index (χ1n) is 8.65. The van der Waals surface area contributed by atoms with Crippen LogP contribution in [0.4, 0.5) is 10.5 Å². The van der Waals surface area contributed by atoms with Crippen molar-refractivity contribution in [2.45, 2.75) is 32.2 Å². The molecule has 3 heterocycles. The number of aromatic amines is 1. The molecule has 6 heteroatoms. The number of aryl methyl sites for hydroxylation is 1. The summed E-state index contributed by atoms with van der Waals surface area (Å²) in [6.45, 7) is 2.67. The average Bonchev–Trinajstić information content (AvgIpc) is 3.02. The van der Waals surface area contributed by atoms with E-state index in [4.69, 9.17) is 0 Å². The molecule has 25 heavy (non-hydrogen) atoms. The molecule has 1 atom stereocenters. The van der Waals surface area contributed by atoms with Crippen molar-refractivity contribution in [2.75, 3.05) is 11.9 Å². The Morgan fingerprint density at radius 1 is 1.28 bits per heavy atom. The van der Waals surface area contributed by atoms with E-state index in [0.717, 1.165) is 54.0 Å². The summed E-state index contributed by atoms with van der Waals surface area (Å²) in [5.41, 5.74) is 3.55. The van der Waals surface area contributed by atoms with Gasteiger partial charge in [-0.25, -0.2) is 9.78 Å². The zero-order valence-electron chi connectivity index (χ0n) is 14.2. The second-order valence-corrected chi connectivity index (χ2v) is 6.44. The fraction of sp³-hybridized carbons (Fsp3) is 0.316. The van der Waals surface area contributed by atoms with Gasteiger partial charge >= 0.3 is 6.03 Å². The Kier molecular flexibility index (Phi) is 4.09. The maximum atomic E-state index is 12.9. The lowest BCUT2D eigenvalue weighted by molar-refractivity contribution is 0.161. The molecule has 3 aromatic rings. The third-order valence-corrected chi connectivity index (χ3v) is 4.64. The molecule has 1 aliphatic heterocycles. The van der Waals surface area contributed by atoms with Crippen LogP contribution >= 0.6 is 0 Å². The lowest BCUT2D eigenvalue weighted by Crippen LogP contribution is -2.41. The number of H-pyrrole nitrogens is 1. The number of rotatable bonds is 2. The molecule has 0 aliphatic carbocycles. The van der Waals surface area contributed by atoms with E-state index in [0.29, 0.717) is 0 Å². The second kappa shape index (κ2) is 6.55. The minimum atomic E-state index is -0.0778. The molecular formula is C19H21N5O. The number of benzene rings is 1. The number of hydrogen-bond donors (Lipinski definition) is 2. The van der Waals surface area contributed by atoms with Gasteiger partial charge < -0.3 is 15.2 Å². The summed E-state index contributed by atoms with van der Waals surface area (Å²) in [5.74, 6) is 0.865. The first-order valence-corrected chi connectivity index (χ1v) is 8.65. The van der Waals surface area contributed by atoms with Gasteiger partial charge in [0.2, 0.25) is 0 Å². The van der Waals surface area contributed by atoms with E-state index in [1.54, 1.807) is 6.20 Å². The summed E-state index contributed by atoms with van der Waals surface area (Å²) in [4.78, 5) is 26.8. The van der Waals surface area contributed by atoms with Gasteiger partial charge in [-0.05, 0) is 56.5 Å². The maximum absolute atomic E-state index is 12.9. The van der Waals surface area contributed by atoms with Crippen molar-refractivity contribution in [3.8, 4) is 0 Å². The number of nitrogens with zero attached hydrogens (tertiary/aromatic N) is 3. The summed E-state index contributed by atoms with van der Waals surface area (Å²) >= 11 is 0. The van der Waals surface area contributed by atoms with E-state index in [9.17, 15) is 4.79 Å². The standard InChI is InChI=1S/C19H21N5O/c1-13-21-15-9-8-14(12-17(15)22-13)23-19(25)24-11-5-3-7-18(24)16-6-2-4-10-20-16/h2,4,6,8-10,12,18H,3,5,7,11H2,1H3,(H,21,22)(H,23,25). The van der Waals surface area contributed by atoms with Crippen LogP contribution in [0.3, 0.4) is 0 Å². The van der Waals surface area contributed by atoms with Gasteiger partial charge in [-0.15, -0.1) is 0 Å². The van der Waals surface area contributed by atoms with Crippen LogP contribution in [-0.2, 0) is 0 Å². The fourth-order valence-corrected chi connectivity index (χ4v) is 3.47. The molecule has 0 saturated carbocycles. The topological polar surface area (TPSA) is 73.9 Å². The SMILES string of the molecule is Cc1nc2ccc(NC(=O)N3CCCCC3c3ccccn3)cc2[nH]1. The summed E-state index contributed by atoms with van der Waals surface area (Å²) in [5, 5.41) is 3.02. The lowest BCUT2D eigenvalue weighted by atomic mass is 9.99. The molecule has 2 aromatic heterocycles. The number of nitrogens with one attached hydrogen (secondary N) is 2. The van der Waals surface area contributed by atoms with Crippen molar-refractivity contribution in [2.24, 2.45) is 0 Å². The van der Waals surface area contributed by atoms with Gasteiger partial charge in [-0.3, -0.25) is 4.98 Å². The van der Waals surface area contributed by atoms with Gasteiger partial charge in [0.1, 0.15) is 5.82 Å². The Bertz CT molecular complexity index is 889. The monoisotopic (exact) mass is 335 g/mol. The molecule has 2 N–H and O–H groups in total. The lowest BCUT2D eigenvalue weighted by Gasteiger charge is -2.35. The molecule has 1 fully saturated rings. The van der Waals surface area contributed by atoms with Gasteiger partial charge in [0.15, 0.2) is 0 Å². The minimum absolute atomic E-state index is 0.0353. The number of hydrogen-bond acceptors (Lipinski definition) is 3. The van der Waals surface area contributed by atoms with Crippen molar-refractivity contribution in [1.29, 1.82) is 0 Å². The van der Waals surface area contributed by atoms with Gasteiger partial charge in [0, 0.05) is 18.4 Å². The summed E-state index contributed by atoms with van der Waals surface area (Å²) in [6, 6.07) is 11.6. The first kappa shape index (κ1) is 15.6. The third-order valence-electron chi connectivity index (χ3n) is 4.64. The molecular weight excluding hydrogens is 314 g/mol. The molecule has 1 saturated heterocycles. The van der Waals surface area contributed by atoms with Crippen molar-refractivity contribution >= 4 is 22.8 Å². The van der Waals surface area contributed by atoms with E-state index in [2.05, 4.69) is 20.3 Å². The normalized spacial score (nSPS) is 17.6. The number of aromatic nitrogens is 3. The Hall–Kier alpha value is -2.89. The van der Waals surface area contributed by atoms with Crippen LogP contribution in [0.5, 0.6) is 0 Å². The molecule has 0 spiro atoms. The highest BCUT2D eigenvalue weighted by molar-refractivity contribution is 5.92. The predicted octanol–water partition coefficient (Wildman–Crippen LogP) is 4.03. The van der Waals surface area contributed by atoms with Crippen LogP contribution in [0, 0.1) is 6.92 Å². The Labute approximate surface area is 146 Å². The molecule has 2 amide bonds. The molecule has 1 unspecified atom stereocenters. The number of imidazole rings is 1. The minimum Gasteiger partial charge on any atom is -0.342 e. The van der Waals surface area contributed by atoms with Crippen molar-refractivity contribution in [1.82, 2.24) is 19.9 Å². The van der Waals surface area contributed by atoms with Crippen molar-refractivity contribution in [3.63, 3.8) is 0 Å². The highest BCUT2D eigenvalue weighted by Gasteiger charge is 2.28. The van der Waals surface area contributed by atoms with E-state index in [1.165, 1.54) is 0 Å². The summed E-state index contributed by atoms with van der Waals surface area (Å²) in [7, 11) is 0. The number of fused-ring (bicyclic) bond motifs is 1. The van der Waals surface area contributed by atoms with Crippen molar-refractivity contribution in [3.05, 3.63) is 54.1 Å². The smallest absolute Gasteiger partial charge is 0.322 e. The Balaban J connectivity index is 1.55. The first-order chi connectivity index (χ1) is 12.2. The van der Waals surface area contributed by atoms with E-state index in [-0.39, 0.29) is 12.1 Å². The number of carbonyl (C=O) groups is 1. The number of pyridine rings is 1. The number of likely N-dealkylation sites (tertiary alicyclic amines) is 1. The number of carbonyl (C=O) groups excluding carboxylic acids is 1. The molecule has 6 nitrogen and oxygen atoms in total. The zero-order chi connectivity index (χ0) is 17.2. The quantitative estimate of drug-likeness (QED) is 0.742. The van der Waals surface area contributed by atoms with Crippen LogP contribution in [0.2, 0.25) is 0 Å². The summed E-state index contributed by atoms with van der Waals surface area (Å²) in [6.07, 6.45) is 4.87. The second-order valence-electron chi connectivity index (χ2n) is 6.44. The van der Waals surface area contributed by atoms with Crippen LogP contribution in [-0.4, -0.2) is 32.4 Å². The fourth-order valence-electron chi connectivity index (χ4n) is 3.47. The summed E-state index contributed by atoms with van der Waals surface area (Å²) < 4.78 is 0. The van der Waals surface area contributed by atoms with Gasteiger partial charge in [-0.1, -0.05) is 6.07 Å². The van der Waals surface area contributed by atoms with Gasteiger partial charge in [0.25, 0.3) is 0 Å². The van der Waals surface area contributed by atoms with Crippen LogP contribution in [0.1, 0.15) is 36.8 Å². The molecule has 1 aromatic carbocycles. The van der Waals surface area contributed by atoms with Crippen molar-refractivity contribution < 1.29 is 4.79 Å². The molecule has 4 rings (SSSR count). The number of urea groups is 1. The largest absolute Gasteiger partial charge is 0.342 e. The van der Waals surface area contributed by atoms with Crippen LogP contribution in [0.15, 0.2) is 42.6 Å². The highest BCUT2D eigenvalue weighted by atomic mass is 16.2. The third kappa shape index (κ3) is 3.20.